The topological polar surface area (TPSA) is 64.6 Å². The molecule has 0 aliphatic rings. The van der Waals surface area contributed by atoms with Gasteiger partial charge in [0.15, 0.2) is 0 Å². The van der Waals surface area contributed by atoms with Crippen LogP contribution in [0.15, 0.2) is 24.3 Å². The van der Waals surface area contributed by atoms with E-state index in [9.17, 15) is 9.59 Å². The van der Waals surface area contributed by atoms with E-state index in [4.69, 9.17) is 9.47 Å². The molecule has 1 amide bonds. The number of rotatable bonds is 6. The van der Waals surface area contributed by atoms with Gasteiger partial charge in [0, 0.05) is 19.9 Å². The van der Waals surface area contributed by atoms with Crippen LogP contribution in [0.1, 0.15) is 24.5 Å². The first kappa shape index (κ1) is 15.0. The van der Waals surface area contributed by atoms with Gasteiger partial charge in [0.25, 0.3) is 0 Å². The van der Waals surface area contributed by atoms with Crippen molar-refractivity contribution in [2.24, 2.45) is 0 Å². The fourth-order valence-electron chi connectivity index (χ4n) is 1.49. The Balaban J connectivity index is 2.13. The van der Waals surface area contributed by atoms with Gasteiger partial charge in [-0.15, -0.1) is 0 Å². The smallest absolute Gasteiger partial charge is 0.407 e. The van der Waals surface area contributed by atoms with Gasteiger partial charge in [0.1, 0.15) is 0 Å². The first-order chi connectivity index (χ1) is 9.08. The van der Waals surface area contributed by atoms with Crippen molar-refractivity contribution in [1.82, 2.24) is 5.32 Å². The summed E-state index contributed by atoms with van der Waals surface area (Å²) >= 11 is 0. The van der Waals surface area contributed by atoms with E-state index >= 15 is 0 Å². The maximum Gasteiger partial charge on any atom is 0.407 e. The van der Waals surface area contributed by atoms with Crippen molar-refractivity contribution in [3.05, 3.63) is 35.4 Å². The molecule has 1 N–H and O–H groups in total. The zero-order chi connectivity index (χ0) is 14.1. The van der Waals surface area contributed by atoms with Gasteiger partial charge < -0.3 is 14.8 Å². The van der Waals surface area contributed by atoms with Crippen LogP contribution in [-0.4, -0.2) is 25.3 Å². The molecule has 1 rings (SSSR count). The second kappa shape index (κ2) is 8.13. The Kier molecular flexibility index (Phi) is 6.43. The highest BCUT2D eigenvalue weighted by Crippen LogP contribution is 2.03. The number of ether oxygens (including phenoxy) is 2. The molecule has 0 aromatic heterocycles. The lowest BCUT2D eigenvalue weighted by atomic mass is 10.1. The minimum absolute atomic E-state index is 0.229. The summed E-state index contributed by atoms with van der Waals surface area (Å²) in [4.78, 5) is 21.8. The van der Waals surface area contributed by atoms with Crippen LogP contribution in [0.2, 0.25) is 0 Å². The zero-order valence-electron chi connectivity index (χ0n) is 11.3. The molecule has 0 saturated carbocycles. The van der Waals surface area contributed by atoms with E-state index < -0.39 is 6.09 Å². The molecule has 0 aliphatic carbocycles. The molecule has 0 bridgehead atoms. The number of carbonyl (C=O) groups is 2. The van der Waals surface area contributed by atoms with E-state index in [1.54, 1.807) is 0 Å². The zero-order valence-corrected chi connectivity index (χ0v) is 11.3. The molecule has 0 fully saturated rings. The van der Waals surface area contributed by atoms with Gasteiger partial charge in [-0.05, 0) is 12.5 Å². The molecule has 0 heterocycles. The van der Waals surface area contributed by atoms with Gasteiger partial charge >= 0.3 is 12.1 Å². The number of alkyl carbamates (subject to hydrolysis) is 1. The molecule has 0 radical (unpaired) electrons. The van der Waals surface area contributed by atoms with E-state index in [-0.39, 0.29) is 19.2 Å². The summed E-state index contributed by atoms with van der Waals surface area (Å²) < 4.78 is 9.65. The molecule has 1 aromatic rings. The molecular formula is C14H19NO4. The van der Waals surface area contributed by atoms with Crippen molar-refractivity contribution in [2.45, 2.75) is 26.8 Å². The predicted molar refractivity (Wildman–Crippen MR) is 70.6 cm³/mol. The molecule has 0 aliphatic heterocycles. The Hall–Kier alpha value is -2.04. The number of aryl methyl sites for hydroxylation is 1. The lowest BCUT2D eigenvalue weighted by Crippen LogP contribution is -2.24. The maximum absolute atomic E-state index is 11.4. The molecule has 19 heavy (non-hydrogen) atoms. The van der Waals surface area contributed by atoms with Gasteiger partial charge in [-0.3, -0.25) is 4.79 Å². The average Bonchev–Trinajstić information content (AvgIpc) is 2.35. The molecule has 5 heteroatoms. The third-order valence-electron chi connectivity index (χ3n) is 2.35. The average molecular weight is 265 g/mol. The number of carbonyl (C=O) groups excluding carboxylic acids is 2. The molecular weight excluding hydrogens is 246 g/mol. The van der Waals surface area contributed by atoms with Crippen molar-refractivity contribution in [3.63, 3.8) is 0 Å². The minimum Gasteiger partial charge on any atom is -0.466 e. The summed E-state index contributed by atoms with van der Waals surface area (Å²) in [5.74, 6) is -0.330. The van der Waals surface area contributed by atoms with E-state index in [0.717, 1.165) is 11.1 Å². The van der Waals surface area contributed by atoms with Crippen molar-refractivity contribution in [3.8, 4) is 0 Å². The number of esters is 1. The van der Waals surface area contributed by atoms with Crippen molar-refractivity contribution < 1.29 is 19.1 Å². The van der Waals surface area contributed by atoms with Crippen LogP contribution in [0.5, 0.6) is 0 Å². The van der Waals surface area contributed by atoms with Crippen LogP contribution >= 0.6 is 0 Å². The number of benzene rings is 1. The fourth-order valence-corrected chi connectivity index (χ4v) is 1.49. The highest BCUT2D eigenvalue weighted by atomic mass is 16.6. The van der Waals surface area contributed by atoms with Gasteiger partial charge in [0.05, 0.1) is 13.2 Å². The standard InChI is InChI=1S/C14H19NO4/c1-11-5-3-6-13(9-11)10-15-14(17)19-8-4-7-18-12(2)16/h3,5-6,9H,4,7-8,10H2,1-2H3,(H,15,17). The highest BCUT2D eigenvalue weighted by molar-refractivity contribution is 5.67. The monoisotopic (exact) mass is 265 g/mol. The Morgan fingerprint density at radius 2 is 1.95 bits per heavy atom. The second-order valence-electron chi connectivity index (χ2n) is 4.17. The molecule has 0 unspecified atom stereocenters. The summed E-state index contributed by atoms with van der Waals surface area (Å²) in [6.07, 6.45) is 0.0293. The summed E-state index contributed by atoms with van der Waals surface area (Å²) in [5.41, 5.74) is 2.17. The van der Waals surface area contributed by atoms with Crippen LogP contribution in [0, 0.1) is 6.92 Å². The maximum atomic E-state index is 11.4. The third kappa shape index (κ3) is 7.08. The summed E-state index contributed by atoms with van der Waals surface area (Å²) in [5, 5.41) is 2.66. The van der Waals surface area contributed by atoms with Crippen LogP contribution in [0.4, 0.5) is 4.79 Å². The highest BCUT2D eigenvalue weighted by Gasteiger charge is 2.02. The van der Waals surface area contributed by atoms with E-state index in [2.05, 4.69) is 5.32 Å². The Morgan fingerprint density at radius 3 is 2.63 bits per heavy atom. The van der Waals surface area contributed by atoms with Crippen molar-refractivity contribution >= 4 is 12.1 Å². The molecule has 0 saturated heterocycles. The molecule has 0 atom stereocenters. The quantitative estimate of drug-likeness (QED) is 0.632. The molecule has 1 aromatic carbocycles. The first-order valence-corrected chi connectivity index (χ1v) is 6.17. The van der Waals surface area contributed by atoms with Gasteiger partial charge in [0.2, 0.25) is 0 Å². The van der Waals surface area contributed by atoms with Crippen molar-refractivity contribution in [1.29, 1.82) is 0 Å². The molecule has 0 spiro atoms. The number of hydrogen-bond donors (Lipinski definition) is 1. The summed E-state index contributed by atoms with van der Waals surface area (Å²) in [6.45, 7) is 4.27. The summed E-state index contributed by atoms with van der Waals surface area (Å²) in [6, 6.07) is 7.88. The normalized spacial score (nSPS) is 9.79. The van der Waals surface area contributed by atoms with Gasteiger partial charge in [-0.2, -0.15) is 0 Å². The number of hydrogen-bond acceptors (Lipinski definition) is 4. The van der Waals surface area contributed by atoms with Gasteiger partial charge in [-0.1, -0.05) is 29.8 Å². The predicted octanol–water partition coefficient (Wildman–Crippen LogP) is 2.17. The minimum atomic E-state index is -0.468. The molecule has 104 valence electrons. The van der Waals surface area contributed by atoms with Gasteiger partial charge in [-0.25, -0.2) is 4.79 Å². The lowest BCUT2D eigenvalue weighted by Gasteiger charge is -2.07. The van der Waals surface area contributed by atoms with Crippen molar-refractivity contribution in [2.75, 3.05) is 13.2 Å². The van der Waals surface area contributed by atoms with Crippen LogP contribution in [0.25, 0.3) is 0 Å². The van der Waals surface area contributed by atoms with Crippen LogP contribution in [-0.2, 0) is 20.8 Å². The number of nitrogens with one attached hydrogen (secondary N) is 1. The van der Waals surface area contributed by atoms with E-state index in [1.807, 2.05) is 31.2 Å². The van der Waals surface area contributed by atoms with Crippen LogP contribution in [0.3, 0.4) is 0 Å². The Labute approximate surface area is 112 Å². The molecule has 5 nitrogen and oxygen atoms in total. The first-order valence-electron chi connectivity index (χ1n) is 6.17. The van der Waals surface area contributed by atoms with E-state index in [1.165, 1.54) is 6.92 Å². The Morgan fingerprint density at radius 1 is 1.21 bits per heavy atom. The summed E-state index contributed by atoms with van der Waals surface area (Å²) in [7, 11) is 0. The van der Waals surface area contributed by atoms with E-state index in [0.29, 0.717) is 13.0 Å². The Bertz CT molecular complexity index is 431. The largest absolute Gasteiger partial charge is 0.466 e. The SMILES string of the molecule is CC(=O)OCCCOC(=O)NCc1cccc(C)c1. The second-order valence-corrected chi connectivity index (χ2v) is 4.17. The third-order valence-corrected chi connectivity index (χ3v) is 2.35. The lowest BCUT2D eigenvalue weighted by molar-refractivity contribution is -0.141. The van der Waals surface area contributed by atoms with Crippen LogP contribution < -0.4 is 5.32 Å². The fraction of sp³-hybridized carbons (Fsp3) is 0.429. The number of amides is 1.